The molecule has 0 heterocycles. The van der Waals surface area contributed by atoms with Gasteiger partial charge in [-0.15, -0.1) is 5.11 Å². The predicted octanol–water partition coefficient (Wildman–Crippen LogP) is 8.35. The maximum Gasteiger partial charge on any atom is 0.330 e. The fourth-order valence-corrected chi connectivity index (χ4v) is 3.95. The smallest absolute Gasteiger partial charge is 0.330 e. The summed E-state index contributed by atoms with van der Waals surface area (Å²) in [6, 6.07) is 27.3. The molecule has 0 saturated heterocycles. The van der Waals surface area contributed by atoms with Crippen molar-refractivity contribution in [1.82, 2.24) is 0 Å². The lowest BCUT2D eigenvalue weighted by atomic mass is 10.2. The summed E-state index contributed by atoms with van der Waals surface area (Å²) in [6.45, 7) is 4.23. The Morgan fingerprint density at radius 1 is 0.773 bits per heavy atom. The summed E-state index contributed by atoms with van der Waals surface area (Å²) < 4.78 is 19.7. The highest BCUT2D eigenvalue weighted by molar-refractivity contribution is 5.81. The predicted molar refractivity (Wildman–Crippen MR) is 175 cm³/mol. The van der Waals surface area contributed by atoms with Crippen molar-refractivity contribution in [2.24, 2.45) is 20.5 Å². The third-order valence-corrected chi connectivity index (χ3v) is 6.53. The number of hydrogen-bond donors (Lipinski definition) is 1. The molecule has 0 amide bonds. The number of rotatable bonds is 13. The number of likely N-dealkylation sites (N-methyl/N-ethyl adjacent to an activating group) is 1. The number of azo groups is 2. The van der Waals surface area contributed by atoms with Gasteiger partial charge in [-0.25, -0.2) is 9.18 Å². The van der Waals surface area contributed by atoms with Gasteiger partial charge in [0.2, 0.25) is 0 Å². The Morgan fingerprint density at radius 2 is 1.32 bits per heavy atom. The minimum Gasteiger partial charge on any atom is -0.461 e. The fourth-order valence-electron chi connectivity index (χ4n) is 3.95. The lowest BCUT2D eigenvalue weighted by molar-refractivity contribution is -0.137. The average molecular weight is 595 g/mol. The summed E-state index contributed by atoms with van der Waals surface area (Å²) in [7, 11) is 7.75. The maximum atomic E-state index is 14.7. The second-order valence-electron chi connectivity index (χ2n) is 9.97. The number of anilines is 4. The molecular formula is C33H35FN8O2. The molecule has 4 aromatic carbocycles. The van der Waals surface area contributed by atoms with Gasteiger partial charge < -0.3 is 14.5 Å². The van der Waals surface area contributed by atoms with Gasteiger partial charge in [0.05, 0.1) is 35.0 Å². The van der Waals surface area contributed by atoms with Gasteiger partial charge in [-0.3, -0.25) is 10.4 Å². The summed E-state index contributed by atoms with van der Waals surface area (Å²) in [5, 5.41) is 18.4. The summed E-state index contributed by atoms with van der Waals surface area (Å²) in [5.41, 5.74) is 8.89. The average Bonchev–Trinajstić information content (AvgIpc) is 3.04. The Morgan fingerprint density at radius 3 is 1.91 bits per heavy atom. The van der Waals surface area contributed by atoms with E-state index >= 15 is 0 Å². The monoisotopic (exact) mass is 594 g/mol. The van der Waals surface area contributed by atoms with Gasteiger partial charge in [-0.1, -0.05) is 6.58 Å². The second kappa shape index (κ2) is 15.1. The lowest BCUT2D eigenvalue weighted by Crippen LogP contribution is -2.25. The molecule has 0 atom stereocenters. The van der Waals surface area contributed by atoms with Gasteiger partial charge in [0.25, 0.3) is 0 Å². The molecule has 4 rings (SSSR count). The van der Waals surface area contributed by atoms with Crippen LogP contribution in [0, 0.1) is 5.82 Å². The summed E-state index contributed by atoms with van der Waals surface area (Å²) in [5.74, 6) is -0.971. The molecule has 0 aliphatic heterocycles. The van der Waals surface area contributed by atoms with Gasteiger partial charge >= 0.3 is 5.97 Å². The molecule has 11 heteroatoms. The Bertz CT molecular complexity index is 1600. The minimum absolute atomic E-state index is 0.106. The minimum atomic E-state index is -0.540. The van der Waals surface area contributed by atoms with E-state index in [1.54, 1.807) is 18.2 Å². The van der Waals surface area contributed by atoms with E-state index in [0.29, 0.717) is 23.6 Å². The SMILES string of the molecule is C=CC(=O)OCCN(C)c1ccc(NN(C)c2ccc(N=Nc3ccc(N=Nc4ccc(N(C)C)cc4)cc3F)cc2)cc1. The molecule has 0 aromatic heterocycles. The molecule has 0 unspecified atom stereocenters. The quantitative estimate of drug-likeness (QED) is 0.0723. The summed E-state index contributed by atoms with van der Waals surface area (Å²) in [6.07, 6.45) is 1.15. The molecule has 0 aliphatic rings. The molecule has 0 fully saturated rings. The van der Waals surface area contributed by atoms with E-state index < -0.39 is 11.8 Å². The number of halogens is 1. The third-order valence-electron chi connectivity index (χ3n) is 6.53. The number of hydrogen-bond acceptors (Lipinski definition) is 10. The molecule has 0 radical (unpaired) electrons. The number of esters is 1. The zero-order chi connectivity index (χ0) is 31.5. The molecular weight excluding hydrogens is 559 g/mol. The van der Waals surface area contributed by atoms with Crippen molar-refractivity contribution in [1.29, 1.82) is 0 Å². The van der Waals surface area contributed by atoms with E-state index in [1.165, 1.54) is 12.1 Å². The van der Waals surface area contributed by atoms with E-state index in [4.69, 9.17) is 4.74 Å². The lowest BCUT2D eigenvalue weighted by Gasteiger charge is -2.23. The number of hydrazine groups is 1. The van der Waals surface area contributed by atoms with Crippen molar-refractivity contribution >= 4 is 51.5 Å². The Hall–Kier alpha value is -5.58. The normalized spacial score (nSPS) is 11.0. The number of carbonyl (C=O) groups excluding carboxylic acids is 1. The Kier molecular flexibility index (Phi) is 10.7. The molecule has 44 heavy (non-hydrogen) atoms. The largest absolute Gasteiger partial charge is 0.461 e. The Balaban J connectivity index is 1.30. The second-order valence-corrected chi connectivity index (χ2v) is 9.97. The summed E-state index contributed by atoms with van der Waals surface area (Å²) in [4.78, 5) is 15.2. The molecule has 1 N–H and O–H groups in total. The molecule has 0 saturated carbocycles. The van der Waals surface area contributed by atoms with Crippen LogP contribution in [0.25, 0.3) is 0 Å². The number of nitrogens with zero attached hydrogens (tertiary/aromatic N) is 7. The van der Waals surface area contributed by atoms with E-state index in [9.17, 15) is 9.18 Å². The fraction of sp³-hybridized carbons (Fsp3) is 0.182. The number of nitrogens with one attached hydrogen (secondary N) is 1. The van der Waals surface area contributed by atoms with Crippen molar-refractivity contribution in [3.63, 3.8) is 0 Å². The zero-order valence-corrected chi connectivity index (χ0v) is 25.2. The molecule has 226 valence electrons. The van der Waals surface area contributed by atoms with Crippen LogP contribution in [0.4, 0.5) is 49.9 Å². The molecule has 0 spiro atoms. The van der Waals surface area contributed by atoms with Crippen LogP contribution in [0.15, 0.2) is 124 Å². The Labute approximate surface area is 256 Å². The van der Waals surface area contributed by atoms with Crippen LogP contribution in [-0.2, 0) is 9.53 Å². The van der Waals surface area contributed by atoms with Gasteiger partial charge in [0.15, 0.2) is 5.82 Å². The highest BCUT2D eigenvalue weighted by Crippen LogP contribution is 2.28. The number of carbonyl (C=O) groups is 1. The third kappa shape index (κ3) is 8.96. The van der Waals surface area contributed by atoms with Crippen LogP contribution in [-0.4, -0.2) is 47.3 Å². The van der Waals surface area contributed by atoms with E-state index in [0.717, 1.165) is 28.8 Å². The molecule has 10 nitrogen and oxygen atoms in total. The van der Waals surface area contributed by atoms with Crippen LogP contribution >= 0.6 is 0 Å². The highest BCUT2D eigenvalue weighted by Gasteiger charge is 2.06. The topological polar surface area (TPSA) is 97.5 Å². The number of ether oxygens (including phenoxy) is 1. The first-order chi connectivity index (χ1) is 21.2. The van der Waals surface area contributed by atoms with Crippen LogP contribution in [0.3, 0.4) is 0 Å². The van der Waals surface area contributed by atoms with Crippen molar-refractivity contribution < 1.29 is 13.9 Å². The maximum absolute atomic E-state index is 14.7. The van der Waals surface area contributed by atoms with E-state index in [2.05, 4.69) is 32.5 Å². The van der Waals surface area contributed by atoms with E-state index in [-0.39, 0.29) is 12.3 Å². The zero-order valence-electron chi connectivity index (χ0n) is 25.2. The first-order valence-corrected chi connectivity index (χ1v) is 13.8. The molecule has 4 aromatic rings. The van der Waals surface area contributed by atoms with Crippen molar-refractivity contribution in [2.75, 3.05) is 61.6 Å². The van der Waals surface area contributed by atoms with Gasteiger partial charge in [-0.05, 0) is 84.9 Å². The van der Waals surface area contributed by atoms with Gasteiger partial charge in [0.1, 0.15) is 12.3 Å². The van der Waals surface area contributed by atoms with Crippen LogP contribution in [0.1, 0.15) is 0 Å². The number of benzene rings is 4. The molecule has 0 bridgehead atoms. The standard InChI is InChI=1S/C33H35FN8O2/c1-6-33(43)44-22-21-41(4)29-16-11-26(12-17-29)39-42(5)30-18-9-25(10-19-30)36-38-32-20-13-27(23-31(32)34)37-35-24-7-14-28(15-8-24)40(2)3/h6-20,23,39H,1,21-22H2,2-5H3. The first-order valence-electron chi connectivity index (χ1n) is 13.8. The van der Waals surface area contributed by atoms with Crippen molar-refractivity contribution in [3.05, 3.63) is 109 Å². The van der Waals surface area contributed by atoms with Crippen LogP contribution < -0.4 is 20.2 Å². The molecule has 0 aliphatic carbocycles. The van der Waals surface area contributed by atoms with Crippen molar-refractivity contribution in [2.45, 2.75) is 0 Å². The highest BCUT2D eigenvalue weighted by atomic mass is 19.1. The van der Waals surface area contributed by atoms with Gasteiger partial charge in [0, 0.05) is 51.7 Å². The van der Waals surface area contributed by atoms with Crippen molar-refractivity contribution in [3.8, 4) is 0 Å². The van der Waals surface area contributed by atoms with E-state index in [1.807, 2.05) is 104 Å². The van der Waals surface area contributed by atoms with Gasteiger partial charge in [-0.2, -0.15) is 15.3 Å². The summed E-state index contributed by atoms with van der Waals surface area (Å²) >= 11 is 0. The van der Waals surface area contributed by atoms with Crippen LogP contribution in [0.2, 0.25) is 0 Å². The first kappa shape index (κ1) is 31.4. The van der Waals surface area contributed by atoms with Crippen LogP contribution in [0.5, 0.6) is 0 Å².